The standard InChI is InChI=1S/C3H3F3O2.Na.H/c4-3(5,6)1-2(7)8;;/h1H2,(H,7,8);;. The summed E-state index contributed by atoms with van der Waals surface area (Å²) >= 11 is 0. The first-order valence-electron chi connectivity index (χ1n) is 1.70. The van der Waals surface area contributed by atoms with E-state index in [1.54, 1.807) is 0 Å². The minimum absolute atomic E-state index is 0. The van der Waals surface area contributed by atoms with Crippen LogP contribution in [0.2, 0.25) is 0 Å². The van der Waals surface area contributed by atoms with Crippen LogP contribution >= 0.6 is 0 Å². The number of halogens is 3. The van der Waals surface area contributed by atoms with Gasteiger partial charge >= 0.3 is 41.7 Å². The fourth-order valence-electron chi connectivity index (χ4n) is 0.171. The van der Waals surface area contributed by atoms with Crippen molar-refractivity contribution in [2.75, 3.05) is 0 Å². The SMILES string of the molecule is O=C(O)CC(F)(F)F.[NaH]. The molecule has 50 valence electrons. The molecule has 0 atom stereocenters. The number of hydrogen-bond donors (Lipinski definition) is 1. The third kappa shape index (κ3) is 11.7. The van der Waals surface area contributed by atoms with E-state index in [-0.39, 0.29) is 29.6 Å². The van der Waals surface area contributed by atoms with Crippen molar-refractivity contribution in [2.24, 2.45) is 0 Å². The number of carboxylic acids is 1. The van der Waals surface area contributed by atoms with Gasteiger partial charge in [0.15, 0.2) is 0 Å². The van der Waals surface area contributed by atoms with Gasteiger partial charge in [0.2, 0.25) is 0 Å². The number of hydrogen-bond acceptors (Lipinski definition) is 1. The fourth-order valence-corrected chi connectivity index (χ4v) is 0.171. The van der Waals surface area contributed by atoms with E-state index in [4.69, 9.17) is 5.11 Å². The Morgan fingerprint density at radius 3 is 1.78 bits per heavy atom. The number of rotatable bonds is 1. The maximum atomic E-state index is 10.9. The van der Waals surface area contributed by atoms with Crippen LogP contribution in [-0.2, 0) is 4.79 Å². The molecular weight excluding hydrogens is 148 g/mol. The molecule has 0 aliphatic carbocycles. The van der Waals surface area contributed by atoms with Crippen LogP contribution in [-0.4, -0.2) is 46.8 Å². The molecule has 9 heavy (non-hydrogen) atoms. The Labute approximate surface area is 71.3 Å². The predicted molar refractivity (Wildman–Crippen MR) is 25.5 cm³/mol. The van der Waals surface area contributed by atoms with Crippen molar-refractivity contribution in [3.63, 3.8) is 0 Å². The molecule has 0 radical (unpaired) electrons. The molecule has 0 unspecified atom stereocenters. The minimum atomic E-state index is -4.58. The Balaban J connectivity index is 0. The average molecular weight is 152 g/mol. The molecule has 0 aromatic rings. The monoisotopic (exact) mass is 152 g/mol. The second kappa shape index (κ2) is 4.14. The quantitative estimate of drug-likeness (QED) is 0.551. The third-order valence-electron chi connectivity index (χ3n) is 0.352. The molecule has 0 saturated heterocycles. The van der Waals surface area contributed by atoms with Gasteiger partial charge in [-0.2, -0.15) is 13.2 Å². The van der Waals surface area contributed by atoms with Crippen LogP contribution in [0.1, 0.15) is 6.42 Å². The van der Waals surface area contributed by atoms with E-state index in [9.17, 15) is 18.0 Å². The van der Waals surface area contributed by atoms with Crippen LogP contribution in [0.5, 0.6) is 0 Å². The van der Waals surface area contributed by atoms with E-state index in [0.29, 0.717) is 0 Å². The van der Waals surface area contributed by atoms with Crippen molar-refractivity contribution in [1.29, 1.82) is 0 Å². The molecule has 0 aliphatic rings. The summed E-state index contributed by atoms with van der Waals surface area (Å²) < 4.78 is 32.8. The van der Waals surface area contributed by atoms with Gasteiger partial charge in [-0.3, -0.25) is 4.79 Å². The third-order valence-corrected chi connectivity index (χ3v) is 0.352. The van der Waals surface area contributed by atoms with Gasteiger partial charge in [0.1, 0.15) is 6.42 Å². The van der Waals surface area contributed by atoms with Crippen LogP contribution in [0.25, 0.3) is 0 Å². The Hall–Kier alpha value is 0.260. The van der Waals surface area contributed by atoms with Gasteiger partial charge in [0.25, 0.3) is 0 Å². The Kier molecular flexibility index (Phi) is 5.51. The normalized spacial score (nSPS) is 10.1. The molecule has 6 heteroatoms. The summed E-state index contributed by atoms with van der Waals surface area (Å²) in [5.74, 6) is -1.85. The van der Waals surface area contributed by atoms with Crippen molar-refractivity contribution < 1.29 is 23.1 Å². The topological polar surface area (TPSA) is 37.3 Å². The zero-order valence-electron chi connectivity index (χ0n) is 3.70. The Bertz CT molecular complexity index is 99.7. The van der Waals surface area contributed by atoms with Crippen LogP contribution in [0.4, 0.5) is 13.2 Å². The predicted octanol–water partition coefficient (Wildman–Crippen LogP) is 0.375. The summed E-state index contributed by atoms with van der Waals surface area (Å²) in [4.78, 5) is 9.29. The Morgan fingerprint density at radius 2 is 1.78 bits per heavy atom. The summed E-state index contributed by atoms with van der Waals surface area (Å²) in [6.45, 7) is 0. The van der Waals surface area contributed by atoms with E-state index in [2.05, 4.69) is 0 Å². The molecule has 0 fully saturated rings. The van der Waals surface area contributed by atoms with E-state index < -0.39 is 18.6 Å². The van der Waals surface area contributed by atoms with Crippen molar-refractivity contribution in [3.8, 4) is 0 Å². The molecule has 0 amide bonds. The van der Waals surface area contributed by atoms with Gasteiger partial charge in [0, 0.05) is 0 Å². The summed E-state index contributed by atoms with van der Waals surface area (Å²) in [5.41, 5.74) is 0. The number of aliphatic carboxylic acids is 1. The zero-order valence-corrected chi connectivity index (χ0v) is 3.70. The molecule has 0 aromatic carbocycles. The molecule has 0 saturated carbocycles. The first kappa shape index (κ1) is 12.0. The second-order valence-electron chi connectivity index (χ2n) is 1.19. The molecular formula is C3H4F3NaO2. The van der Waals surface area contributed by atoms with E-state index in [1.165, 1.54) is 0 Å². The molecule has 0 aromatic heterocycles. The van der Waals surface area contributed by atoms with Gasteiger partial charge in [0.05, 0.1) is 0 Å². The van der Waals surface area contributed by atoms with E-state index >= 15 is 0 Å². The van der Waals surface area contributed by atoms with Crippen molar-refractivity contribution in [2.45, 2.75) is 12.6 Å². The van der Waals surface area contributed by atoms with Crippen molar-refractivity contribution in [1.82, 2.24) is 0 Å². The first-order chi connectivity index (χ1) is 3.42. The number of carbonyl (C=O) groups is 1. The van der Waals surface area contributed by atoms with Crippen molar-refractivity contribution >= 4 is 35.5 Å². The molecule has 0 rings (SSSR count). The molecule has 2 nitrogen and oxygen atoms in total. The van der Waals surface area contributed by atoms with Gasteiger partial charge in [-0.05, 0) is 0 Å². The summed E-state index contributed by atoms with van der Waals surface area (Å²) in [7, 11) is 0. The van der Waals surface area contributed by atoms with Crippen LogP contribution in [0.3, 0.4) is 0 Å². The summed E-state index contributed by atoms with van der Waals surface area (Å²) in [5, 5.41) is 7.53. The summed E-state index contributed by atoms with van der Waals surface area (Å²) in [6, 6.07) is 0. The molecule has 0 heterocycles. The molecule has 0 bridgehead atoms. The van der Waals surface area contributed by atoms with Crippen molar-refractivity contribution in [3.05, 3.63) is 0 Å². The summed E-state index contributed by atoms with van der Waals surface area (Å²) in [6.07, 6.45) is -6.33. The van der Waals surface area contributed by atoms with Gasteiger partial charge in [-0.1, -0.05) is 0 Å². The first-order valence-corrected chi connectivity index (χ1v) is 1.70. The maximum absolute atomic E-state index is 10.9. The van der Waals surface area contributed by atoms with Crippen LogP contribution in [0, 0.1) is 0 Å². The van der Waals surface area contributed by atoms with E-state index in [0.717, 1.165) is 0 Å². The van der Waals surface area contributed by atoms with Gasteiger partial charge in [-0.15, -0.1) is 0 Å². The number of carboxylic acid groups (broad SMARTS) is 1. The second-order valence-corrected chi connectivity index (χ2v) is 1.19. The molecule has 0 aliphatic heterocycles. The molecule has 1 N–H and O–H groups in total. The fraction of sp³-hybridized carbons (Fsp3) is 0.667. The van der Waals surface area contributed by atoms with Crippen LogP contribution in [0.15, 0.2) is 0 Å². The zero-order chi connectivity index (χ0) is 6.78. The van der Waals surface area contributed by atoms with Gasteiger partial charge < -0.3 is 5.11 Å². The van der Waals surface area contributed by atoms with Gasteiger partial charge in [-0.25, -0.2) is 0 Å². The molecule has 0 spiro atoms. The average Bonchev–Trinajstić information content (AvgIpc) is 1.21. The Morgan fingerprint density at radius 1 is 1.44 bits per heavy atom. The van der Waals surface area contributed by atoms with Crippen LogP contribution < -0.4 is 0 Å². The van der Waals surface area contributed by atoms with E-state index in [1.807, 2.05) is 0 Å². The number of alkyl halides is 3.